The summed E-state index contributed by atoms with van der Waals surface area (Å²) in [7, 11) is 0. The molecule has 2 aromatic rings. The molecule has 0 aliphatic rings. The van der Waals surface area contributed by atoms with E-state index in [9.17, 15) is 9.90 Å². The van der Waals surface area contributed by atoms with Crippen LogP contribution in [0.4, 0.5) is 0 Å². The molecule has 14 heavy (non-hydrogen) atoms. The van der Waals surface area contributed by atoms with Crippen LogP contribution in [0.3, 0.4) is 0 Å². The molecule has 0 saturated carbocycles. The van der Waals surface area contributed by atoms with Crippen molar-refractivity contribution < 1.29 is 5.11 Å². The van der Waals surface area contributed by atoms with Crippen LogP contribution in [0.15, 0.2) is 10.9 Å². The number of rotatable bonds is 1. The lowest BCUT2D eigenvalue weighted by Crippen LogP contribution is -2.14. The number of aromatic nitrogens is 4. The number of aryl methyl sites for hydroxylation is 1. The number of nitrogens with zero attached hydrogens (tertiary/aromatic N) is 3. The smallest absolute Gasteiger partial charge is 0.274 e. The first kappa shape index (κ1) is 8.89. The van der Waals surface area contributed by atoms with E-state index in [0.717, 1.165) is 0 Å². The summed E-state index contributed by atoms with van der Waals surface area (Å²) in [5, 5.41) is 11.9. The van der Waals surface area contributed by atoms with Crippen molar-refractivity contribution in [2.75, 3.05) is 0 Å². The Labute approximate surface area is 79.2 Å². The molecular formula is C8H10N4O2. The van der Waals surface area contributed by atoms with Crippen molar-refractivity contribution in [3.8, 4) is 0 Å². The van der Waals surface area contributed by atoms with E-state index >= 15 is 0 Å². The first-order valence-electron chi connectivity index (χ1n) is 4.22. The summed E-state index contributed by atoms with van der Waals surface area (Å²) >= 11 is 0. The first-order chi connectivity index (χ1) is 6.58. The zero-order valence-electron chi connectivity index (χ0n) is 7.85. The summed E-state index contributed by atoms with van der Waals surface area (Å²) in [6.45, 7) is 3.29. The molecule has 0 bridgehead atoms. The van der Waals surface area contributed by atoms with Crippen molar-refractivity contribution in [1.82, 2.24) is 19.6 Å². The van der Waals surface area contributed by atoms with Gasteiger partial charge in [-0.1, -0.05) is 0 Å². The van der Waals surface area contributed by atoms with E-state index in [1.165, 1.54) is 10.6 Å². The Morgan fingerprint density at radius 2 is 2.29 bits per heavy atom. The second-order valence-corrected chi connectivity index (χ2v) is 3.16. The third-order valence-electron chi connectivity index (χ3n) is 1.87. The number of aromatic amines is 1. The summed E-state index contributed by atoms with van der Waals surface area (Å²) in [5.41, 5.74) is 0.380. The van der Waals surface area contributed by atoms with Gasteiger partial charge in [0, 0.05) is 11.8 Å². The van der Waals surface area contributed by atoms with Gasteiger partial charge in [-0.2, -0.15) is 9.50 Å². The fourth-order valence-electron chi connectivity index (χ4n) is 1.20. The van der Waals surface area contributed by atoms with Gasteiger partial charge in [0.15, 0.2) is 5.82 Å². The van der Waals surface area contributed by atoms with Crippen LogP contribution in [0, 0.1) is 6.92 Å². The third-order valence-corrected chi connectivity index (χ3v) is 1.87. The van der Waals surface area contributed by atoms with Crippen LogP contribution in [0.25, 0.3) is 5.78 Å². The van der Waals surface area contributed by atoms with Crippen molar-refractivity contribution in [1.29, 1.82) is 0 Å². The molecule has 0 aliphatic carbocycles. The van der Waals surface area contributed by atoms with Crippen LogP contribution in [-0.4, -0.2) is 24.7 Å². The molecule has 2 aromatic heterocycles. The molecule has 74 valence electrons. The van der Waals surface area contributed by atoms with E-state index in [2.05, 4.69) is 15.1 Å². The number of H-pyrrole nitrogens is 1. The highest BCUT2D eigenvalue weighted by Gasteiger charge is 2.09. The largest absolute Gasteiger partial charge is 0.385 e. The van der Waals surface area contributed by atoms with Gasteiger partial charge in [0.05, 0.1) is 0 Å². The monoisotopic (exact) mass is 194 g/mol. The summed E-state index contributed by atoms with van der Waals surface area (Å²) in [6.07, 6.45) is -0.739. The molecule has 2 rings (SSSR count). The van der Waals surface area contributed by atoms with Crippen molar-refractivity contribution in [2.45, 2.75) is 20.0 Å². The van der Waals surface area contributed by atoms with Gasteiger partial charge in [-0.15, -0.1) is 0 Å². The standard InChI is InChI=1S/C8H10N4O2/c1-4-3-6(14)12-8(9-4)10-7(11-12)5(2)13/h3,5,13H,1-2H3,(H,9,10,11). The number of nitrogens with one attached hydrogen (secondary N) is 1. The van der Waals surface area contributed by atoms with Gasteiger partial charge >= 0.3 is 0 Å². The minimum absolute atomic E-state index is 0.230. The minimum Gasteiger partial charge on any atom is -0.385 e. The van der Waals surface area contributed by atoms with E-state index in [-0.39, 0.29) is 11.3 Å². The van der Waals surface area contributed by atoms with Gasteiger partial charge in [-0.3, -0.25) is 9.89 Å². The van der Waals surface area contributed by atoms with Crippen LogP contribution < -0.4 is 5.56 Å². The Morgan fingerprint density at radius 3 is 2.93 bits per heavy atom. The first-order valence-corrected chi connectivity index (χ1v) is 4.22. The zero-order valence-corrected chi connectivity index (χ0v) is 7.85. The number of hydrogen-bond acceptors (Lipinski definition) is 4. The number of fused-ring (bicyclic) bond motifs is 1. The molecule has 0 saturated heterocycles. The number of hydrogen-bond donors (Lipinski definition) is 2. The molecule has 0 aliphatic heterocycles. The van der Waals surface area contributed by atoms with Crippen LogP contribution in [-0.2, 0) is 0 Å². The molecule has 0 amide bonds. The van der Waals surface area contributed by atoms with Crippen molar-refractivity contribution in [3.63, 3.8) is 0 Å². The summed E-state index contributed by atoms with van der Waals surface area (Å²) in [5.74, 6) is 0.617. The third kappa shape index (κ3) is 1.29. The van der Waals surface area contributed by atoms with E-state index in [0.29, 0.717) is 11.5 Å². The lowest BCUT2D eigenvalue weighted by Gasteiger charge is -1.94. The van der Waals surface area contributed by atoms with Crippen molar-refractivity contribution >= 4 is 5.78 Å². The Bertz CT molecular complexity index is 526. The molecule has 6 heteroatoms. The highest BCUT2D eigenvalue weighted by atomic mass is 16.3. The van der Waals surface area contributed by atoms with Crippen molar-refractivity contribution in [3.05, 3.63) is 27.9 Å². The van der Waals surface area contributed by atoms with Gasteiger partial charge in [0.2, 0.25) is 0 Å². The van der Waals surface area contributed by atoms with Gasteiger partial charge in [0.1, 0.15) is 6.10 Å². The molecule has 6 nitrogen and oxygen atoms in total. The van der Waals surface area contributed by atoms with Crippen LogP contribution in [0.1, 0.15) is 24.5 Å². The molecule has 2 N–H and O–H groups in total. The molecule has 1 atom stereocenters. The maximum Gasteiger partial charge on any atom is 0.274 e. The highest BCUT2D eigenvalue weighted by Crippen LogP contribution is 2.05. The lowest BCUT2D eigenvalue weighted by atomic mass is 10.4. The molecule has 2 heterocycles. The molecular weight excluding hydrogens is 184 g/mol. The second kappa shape index (κ2) is 2.91. The van der Waals surface area contributed by atoms with Crippen molar-refractivity contribution in [2.24, 2.45) is 0 Å². The maximum absolute atomic E-state index is 11.4. The Hall–Kier alpha value is -1.69. The highest BCUT2D eigenvalue weighted by molar-refractivity contribution is 5.27. The minimum atomic E-state index is -0.739. The summed E-state index contributed by atoms with van der Waals surface area (Å²) < 4.78 is 1.20. The Balaban J connectivity index is 2.77. The average Bonchev–Trinajstić information content (AvgIpc) is 2.47. The van der Waals surface area contributed by atoms with Crippen LogP contribution >= 0.6 is 0 Å². The van der Waals surface area contributed by atoms with Gasteiger partial charge in [0.25, 0.3) is 11.3 Å². The van der Waals surface area contributed by atoms with E-state index in [1.54, 1.807) is 13.8 Å². The summed E-state index contributed by atoms with van der Waals surface area (Å²) in [4.78, 5) is 19.4. The lowest BCUT2D eigenvalue weighted by molar-refractivity contribution is 0.189. The van der Waals surface area contributed by atoms with Crippen LogP contribution in [0.2, 0.25) is 0 Å². The quantitative estimate of drug-likeness (QED) is 0.657. The normalized spacial score (nSPS) is 13.4. The molecule has 1 unspecified atom stereocenters. The Morgan fingerprint density at radius 1 is 1.57 bits per heavy atom. The zero-order chi connectivity index (χ0) is 10.3. The maximum atomic E-state index is 11.4. The molecule has 0 aromatic carbocycles. The van der Waals surface area contributed by atoms with Gasteiger partial charge in [-0.25, -0.2) is 4.98 Å². The van der Waals surface area contributed by atoms with Gasteiger partial charge in [-0.05, 0) is 13.8 Å². The Kier molecular flexibility index (Phi) is 1.85. The van der Waals surface area contributed by atoms with Gasteiger partial charge < -0.3 is 5.11 Å². The fourth-order valence-corrected chi connectivity index (χ4v) is 1.20. The molecule has 0 radical (unpaired) electrons. The predicted molar refractivity (Wildman–Crippen MR) is 49.0 cm³/mol. The number of aliphatic hydroxyl groups is 1. The van der Waals surface area contributed by atoms with Crippen LogP contribution in [0.5, 0.6) is 0 Å². The van der Waals surface area contributed by atoms with E-state index in [1.807, 2.05) is 0 Å². The summed E-state index contributed by atoms with van der Waals surface area (Å²) in [6, 6.07) is 1.40. The predicted octanol–water partition coefficient (Wildman–Crippen LogP) is -0.221. The fraction of sp³-hybridized carbons (Fsp3) is 0.375. The number of aliphatic hydroxyl groups excluding tert-OH is 1. The average molecular weight is 194 g/mol. The van der Waals surface area contributed by atoms with E-state index in [4.69, 9.17) is 0 Å². The SMILES string of the molecule is Cc1cc(=O)n2[nH]c(C(C)O)nc2n1. The molecule has 0 fully saturated rings. The molecule has 0 spiro atoms. The van der Waals surface area contributed by atoms with E-state index < -0.39 is 6.10 Å². The second-order valence-electron chi connectivity index (χ2n) is 3.16. The topological polar surface area (TPSA) is 83.3 Å².